The Kier molecular flexibility index (Phi) is 6.50. The molecular formula is C25H21FO5. The van der Waals surface area contributed by atoms with Crippen LogP contribution in [0.5, 0.6) is 11.5 Å². The average molecular weight is 420 g/mol. The number of phenolic OH excluding ortho intramolecular Hbond substituents is 2. The van der Waals surface area contributed by atoms with Crippen LogP contribution in [0, 0.1) is 5.82 Å². The number of hydrogen-bond donors (Lipinski definition) is 2. The number of carbonyl (C=O) groups is 2. The smallest absolute Gasteiger partial charge is 0.312 e. The highest BCUT2D eigenvalue weighted by Crippen LogP contribution is 2.30. The van der Waals surface area contributed by atoms with Crippen LogP contribution in [0.4, 0.5) is 4.39 Å². The Morgan fingerprint density at radius 2 is 1.74 bits per heavy atom. The summed E-state index contributed by atoms with van der Waals surface area (Å²) in [4.78, 5) is 24.3. The molecule has 6 heteroatoms. The number of ketones is 1. The first-order valence-corrected chi connectivity index (χ1v) is 9.53. The van der Waals surface area contributed by atoms with E-state index in [4.69, 9.17) is 0 Å². The summed E-state index contributed by atoms with van der Waals surface area (Å²) in [5.74, 6) is -2.38. The van der Waals surface area contributed by atoms with Crippen LogP contribution in [0.2, 0.25) is 0 Å². The van der Waals surface area contributed by atoms with Crippen molar-refractivity contribution in [2.75, 3.05) is 7.11 Å². The molecule has 1 unspecified atom stereocenters. The largest absolute Gasteiger partial charge is 0.507 e. The number of halogens is 1. The van der Waals surface area contributed by atoms with E-state index in [1.54, 1.807) is 31.2 Å². The van der Waals surface area contributed by atoms with Crippen molar-refractivity contribution in [3.8, 4) is 22.6 Å². The summed E-state index contributed by atoms with van der Waals surface area (Å²) in [5.41, 5.74) is 1.53. The van der Waals surface area contributed by atoms with Crippen LogP contribution < -0.4 is 0 Å². The number of benzene rings is 3. The van der Waals surface area contributed by atoms with Crippen molar-refractivity contribution >= 4 is 17.8 Å². The monoisotopic (exact) mass is 420 g/mol. The molecule has 158 valence electrons. The van der Waals surface area contributed by atoms with Crippen LogP contribution in [0.15, 0.2) is 66.7 Å². The molecule has 0 aliphatic rings. The van der Waals surface area contributed by atoms with Gasteiger partial charge in [0.15, 0.2) is 5.78 Å². The maximum Gasteiger partial charge on any atom is 0.312 e. The van der Waals surface area contributed by atoms with Crippen LogP contribution in [0.25, 0.3) is 17.2 Å². The van der Waals surface area contributed by atoms with Crippen molar-refractivity contribution in [1.82, 2.24) is 0 Å². The quantitative estimate of drug-likeness (QED) is 0.330. The molecule has 0 fully saturated rings. The van der Waals surface area contributed by atoms with Crippen LogP contribution in [0.3, 0.4) is 0 Å². The molecule has 0 heterocycles. The van der Waals surface area contributed by atoms with Crippen LogP contribution in [0.1, 0.15) is 34.3 Å². The Balaban J connectivity index is 1.91. The molecule has 3 aromatic carbocycles. The third-order valence-corrected chi connectivity index (χ3v) is 4.97. The molecule has 0 spiro atoms. The molecule has 3 aromatic rings. The van der Waals surface area contributed by atoms with Gasteiger partial charge in [-0.1, -0.05) is 36.4 Å². The molecule has 0 saturated carbocycles. The van der Waals surface area contributed by atoms with Crippen molar-refractivity contribution in [3.63, 3.8) is 0 Å². The molecule has 0 bridgehead atoms. The highest BCUT2D eigenvalue weighted by Gasteiger charge is 2.18. The van der Waals surface area contributed by atoms with E-state index in [0.29, 0.717) is 16.7 Å². The van der Waals surface area contributed by atoms with Crippen molar-refractivity contribution in [3.05, 3.63) is 89.2 Å². The highest BCUT2D eigenvalue weighted by molar-refractivity contribution is 6.09. The van der Waals surface area contributed by atoms with Gasteiger partial charge in [0.2, 0.25) is 0 Å². The molecule has 5 nitrogen and oxygen atoms in total. The zero-order valence-corrected chi connectivity index (χ0v) is 17.0. The number of carbonyl (C=O) groups excluding carboxylic acids is 2. The number of methoxy groups -OCH3 is 1. The topological polar surface area (TPSA) is 83.8 Å². The standard InChI is InChI=1S/C25H21FO5/c1-15(25(30)31-2)17-7-10-19(21(26)14-17)18-9-12-24(29)20(13-18)23(28)11-8-16-5-3-4-6-22(16)27/h3-15,27,29H,1-2H3/b11-8+. The maximum absolute atomic E-state index is 14.8. The first-order valence-electron chi connectivity index (χ1n) is 9.53. The molecule has 0 aromatic heterocycles. The molecule has 1 atom stereocenters. The number of ether oxygens (including phenoxy) is 1. The van der Waals surface area contributed by atoms with Crippen molar-refractivity contribution in [1.29, 1.82) is 0 Å². The Labute approximate surface area is 179 Å². The number of phenols is 2. The lowest BCUT2D eigenvalue weighted by molar-refractivity contribution is -0.142. The lowest BCUT2D eigenvalue weighted by Crippen LogP contribution is -2.11. The maximum atomic E-state index is 14.8. The van der Waals surface area contributed by atoms with Gasteiger partial charge in [-0.3, -0.25) is 9.59 Å². The van der Waals surface area contributed by atoms with Gasteiger partial charge in [0.05, 0.1) is 18.6 Å². The van der Waals surface area contributed by atoms with Crippen LogP contribution >= 0.6 is 0 Å². The van der Waals surface area contributed by atoms with E-state index < -0.39 is 23.5 Å². The average Bonchev–Trinajstić information content (AvgIpc) is 2.77. The number of rotatable bonds is 6. The van der Waals surface area contributed by atoms with Gasteiger partial charge in [-0.15, -0.1) is 0 Å². The number of esters is 1. The van der Waals surface area contributed by atoms with Gasteiger partial charge in [-0.05, 0) is 54.5 Å². The summed E-state index contributed by atoms with van der Waals surface area (Å²) >= 11 is 0. The minimum Gasteiger partial charge on any atom is -0.507 e. The SMILES string of the molecule is COC(=O)C(C)c1ccc(-c2ccc(O)c(C(=O)/C=C/c3ccccc3O)c2)c(F)c1. The van der Waals surface area contributed by atoms with E-state index in [-0.39, 0.29) is 22.6 Å². The highest BCUT2D eigenvalue weighted by atomic mass is 19.1. The molecule has 0 radical (unpaired) electrons. The van der Waals surface area contributed by atoms with Crippen molar-refractivity contribution < 1.29 is 28.9 Å². The third kappa shape index (κ3) is 4.80. The summed E-state index contributed by atoms with van der Waals surface area (Å²) in [5, 5.41) is 19.9. The molecule has 0 saturated heterocycles. The Bertz CT molecular complexity index is 1170. The van der Waals surface area contributed by atoms with E-state index in [2.05, 4.69) is 4.74 Å². The normalized spacial score (nSPS) is 12.0. The lowest BCUT2D eigenvalue weighted by Gasteiger charge is -2.12. The number of hydrogen-bond acceptors (Lipinski definition) is 5. The van der Waals surface area contributed by atoms with E-state index in [1.165, 1.54) is 55.7 Å². The van der Waals surface area contributed by atoms with Gasteiger partial charge in [-0.2, -0.15) is 0 Å². The van der Waals surface area contributed by atoms with E-state index in [1.807, 2.05) is 0 Å². The zero-order valence-electron chi connectivity index (χ0n) is 17.0. The fraction of sp³-hybridized carbons (Fsp3) is 0.120. The van der Waals surface area contributed by atoms with Gasteiger partial charge < -0.3 is 14.9 Å². The summed E-state index contributed by atoms with van der Waals surface area (Å²) in [7, 11) is 1.27. The Morgan fingerprint density at radius 3 is 2.42 bits per heavy atom. The van der Waals surface area contributed by atoms with E-state index >= 15 is 0 Å². The Morgan fingerprint density at radius 1 is 1.00 bits per heavy atom. The van der Waals surface area contributed by atoms with Crippen molar-refractivity contribution in [2.24, 2.45) is 0 Å². The van der Waals surface area contributed by atoms with Gasteiger partial charge in [-0.25, -0.2) is 4.39 Å². The second-order valence-electron chi connectivity index (χ2n) is 6.97. The Hall–Kier alpha value is -3.93. The van der Waals surface area contributed by atoms with E-state index in [9.17, 15) is 24.2 Å². The third-order valence-electron chi connectivity index (χ3n) is 4.97. The number of aromatic hydroxyl groups is 2. The van der Waals surface area contributed by atoms with Gasteiger partial charge >= 0.3 is 5.97 Å². The zero-order chi connectivity index (χ0) is 22.5. The first kappa shape index (κ1) is 21.8. The second-order valence-corrected chi connectivity index (χ2v) is 6.97. The minimum absolute atomic E-state index is 0.00410. The fourth-order valence-corrected chi connectivity index (χ4v) is 3.13. The summed E-state index contributed by atoms with van der Waals surface area (Å²) in [6.07, 6.45) is 2.67. The minimum atomic E-state index is -0.620. The molecular weight excluding hydrogens is 399 g/mol. The number of para-hydroxylation sites is 1. The molecule has 0 amide bonds. The second kappa shape index (κ2) is 9.26. The van der Waals surface area contributed by atoms with Gasteiger partial charge in [0, 0.05) is 11.1 Å². The summed E-state index contributed by atoms with van der Waals surface area (Å²) in [6.45, 7) is 1.62. The lowest BCUT2D eigenvalue weighted by atomic mass is 9.95. The molecule has 31 heavy (non-hydrogen) atoms. The summed E-state index contributed by atoms with van der Waals surface area (Å²) in [6, 6.07) is 15.1. The molecule has 0 aliphatic carbocycles. The van der Waals surface area contributed by atoms with Crippen molar-refractivity contribution in [2.45, 2.75) is 12.8 Å². The molecule has 2 N–H and O–H groups in total. The van der Waals surface area contributed by atoms with E-state index in [0.717, 1.165) is 0 Å². The molecule has 0 aliphatic heterocycles. The van der Waals surface area contributed by atoms with Gasteiger partial charge in [0.1, 0.15) is 17.3 Å². The number of allylic oxidation sites excluding steroid dienone is 1. The predicted molar refractivity (Wildman–Crippen MR) is 115 cm³/mol. The first-order chi connectivity index (χ1) is 14.8. The predicted octanol–water partition coefficient (Wildman–Crippen LogP) is 5.08. The van der Waals surface area contributed by atoms with Crippen LogP contribution in [-0.2, 0) is 9.53 Å². The summed E-state index contributed by atoms with van der Waals surface area (Å²) < 4.78 is 19.5. The molecule has 3 rings (SSSR count). The van der Waals surface area contributed by atoms with Crippen LogP contribution in [-0.4, -0.2) is 29.1 Å². The fourth-order valence-electron chi connectivity index (χ4n) is 3.13. The van der Waals surface area contributed by atoms with Gasteiger partial charge in [0.25, 0.3) is 0 Å².